The fourth-order valence-corrected chi connectivity index (χ4v) is 2.26. The second-order valence-electron chi connectivity index (χ2n) is 4.10. The van der Waals surface area contributed by atoms with Crippen molar-refractivity contribution in [1.82, 2.24) is 9.78 Å². The van der Waals surface area contributed by atoms with Gasteiger partial charge in [0.2, 0.25) is 0 Å². The van der Waals surface area contributed by atoms with Crippen molar-refractivity contribution in [2.75, 3.05) is 0 Å². The van der Waals surface area contributed by atoms with Crippen LogP contribution in [-0.4, -0.2) is 16.1 Å². The monoisotopic (exact) mass is 340 g/mol. The molecule has 2 rings (SSSR count). The first-order valence-corrected chi connectivity index (χ1v) is 6.50. The van der Waals surface area contributed by atoms with Crippen molar-refractivity contribution >= 4 is 28.9 Å². The number of halogens is 1. The maximum atomic E-state index is 11.1. The second-order valence-corrected chi connectivity index (χ2v) is 5.27. The molecular formula is C13H13IN2O. The van der Waals surface area contributed by atoms with Crippen molar-refractivity contribution in [3.8, 4) is 11.3 Å². The summed E-state index contributed by atoms with van der Waals surface area (Å²) < 4.78 is 2.92. The van der Waals surface area contributed by atoms with Gasteiger partial charge in [-0.1, -0.05) is 18.2 Å². The number of aldehydes is 1. The predicted octanol–water partition coefficient (Wildman–Crippen LogP) is 3.55. The van der Waals surface area contributed by atoms with E-state index in [0.717, 1.165) is 21.1 Å². The molecule has 4 heteroatoms. The molecule has 1 aromatic carbocycles. The average molecular weight is 340 g/mol. The van der Waals surface area contributed by atoms with Gasteiger partial charge in [0.05, 0.1) is 5.56 Å². The lowest BCUT2D eigenvalue weighted by Gasteiger charge is -2.04. The molecule has 0 fully saturated rings. The number of carbonyl (C=O) groups excluding carboxylic acids is 1. The molecule has 0 atom stereocenters. The Morgan fingerprint density at radius 3 is 2.65 bits per heavy atom. The van der Waals surface area contributed by atoms with Gasteiger partial charge < -0.3 is 0 Å². The summed E-state index contributed by atoms with van der Waals surface area (Å²) in [7, 11) is 0. The Morgan fingerprint density at radius 1 is 1.35 bits per heavy atom. The standard InChI is InChI=1S/C13H13IN2O/c1-9(2)16-7-10(8-17)13(15-16)11-5-3-4-6-12(11)14/h3-9H,1-2H3. The van der Waals surface area contributed by atoms with Gasteiger partial charge >= 0.3 is 0 Å². The normalized spacial score (nSPS) is 10.8. The Hall–Kier alpha value is -1.17. The van der Waals surface area contributed by atoms with Crippen LogP contribution in [-0.2, 0) is 0 Å². The molecule has 1 heterocycles. The molecule has 0 N–H and O–H groups in total. The van der Waals surface area contributed by atoms with Crippen LogP contribution >= 0.6 is 22.6 Å². The number of carbonyl (C=O) groups is 1. The zero-order chi connectivity index (χ0) is 12.4. The van der Waals surface area contributed by atoms with Gasteiger partial charge in [0.1, 0.15) is 5.69 Å². The van der Waals surface area contributed by atoms with Gasteiger partial charge in [-0.05, 0) is 42.5 Å². The number of benzene rings is 1. The molecule has 2 aromatic rings. The van der Waals surface area contributed by atoms with Gasteiger partial charge in [0, 0.05) is 21.4 Å². The molecule has 3 nitrogen and oxygen atoms in total. The van der Waals surface area contributed by atoms with Crippen LogP contribution in [0.5, 0.6) is 0 Å². The third-order valence-corrected chi connectivity index (χ3v) is 3.49. The number of hydrogen-bond acceptors (Lipinski definition) is 2. The first-order valence-electron chi connectivity index (χ1n) is 5.42. The molecule has 17 heavy (non-hydrogen) atoms. The molecule has 0 saturated heterocycles. The second kappa shape index (κ2) is 5.00. The third kappa shape index (κ3) is 2.41. The first kappa shape index (κ1) is 12.3. The Balaban J connectivity index is 2.59. The minimum atomic E-state index is 0.254. The fraction of sp³-hybridized carbons (Fsp3) is 0.231. The third-order valence-electron chi connectivity index (χ3n) is 2.55. The lowest BCUT2D eigenvalue weighted by molar-refractivity contribution is 0.112. The topological polar surface area (TPSA) is 34.9 Å². The SMILES string of the molecule is CC(C)n1cc(C=O)c(-c2ccccc2I)n1. The van der Waals surface area contributed by atoms with Crippen LogP contribution in [0.15, 0.2) is 30.5 Å². The van der Waals surface area contributed by atoms with E-state index < -0.39 is 0 Å². The van der Waals surface area contributed by atoms with Gasteiger partial charge in [-0.2, -0.15) is 5.10 Å². The molecule has 1 aromatic heterocycles. The van der Waals surface area contributed by atoms with Crippen molar-refractivity contribution < 1.29 is 4.79 Å². The van der Waals surface area contributed by atoms with Crippen LogP contribution < -0.4 is 0 Å². The largest absolute Gasteiger partial charge is 0.298 e. The minimum Gasteiger partial charge on any atom is -0.298 e. The summed E-state index contributed by atoms with van der Waals surface area (Å²) in [6.45, 7) is 4.09. The number of nitrogens with zero attached hydrogens (tertiary/aromatic N) is 2. The molecule has 88 valence electrons. The molecule has 0 amide bonds. The molecule has 0 aliphatic carbocycles. The zero-order valence-electron chi connectivity index (χ0n) is 9.72. The summed E-state index contributed by atoms with van der Waals surface area (Å²) >= 11 is 2.26. The summed E-state index contributed by atoms with van der Waals surface area (Å²) in [6.07, 6.45) is 2.67. The Labute approximate surface area is 114 Å². The maximum Gasteiger partial charge on any atom is 0.153 e. The minimum absolute atomic E-state index is 0.254. The van der Waals surface area contributed by atoms with E-state index in [2.05, 4.69) is 27.7 Å². The smallest absolute Gasteiger partial charge is 0.153 e. The van der Waals surface area contributed by atoms with Crippen LogP contribution in [0.4, 0.5) is 0 Å². The van der Waals surface area contributed by atoms with E-state index in [0.29, 0.717) is 5.56 Å². The summed E-state index contributed by atoms with van der Waals surface area (Å²) in [5, 5.41) is 4.49. The zero-order valence-corrected chi connectivity index (χ0v) is 11.9. The highest BCUT2D eigenvalue weighted by atomic mass is 127. The van der Waals surface area contributed by atoms with Gasteiger partial charge in [-0.25, -0.2) is 0 Å². The van der Waals surface area contributed by atoms with Crippen molar-refractivity contribution in [2.24, 2.45) is 0 Å². The van der Waals surface area contributed by atoms with E-state index in [1.165, 1.54) is 0 Å². The average Bonchev–Trinajstić information content (AvgIpc) is 2.73. The summed E-state index contributed by atoms with van der Waals surface area (Å²) in [4.78, 5) is 11.1. The Bertz CT molecular complexity index is 546. The lowest BCUT2D eigenvalue weighted by Crippen LogP contribution is -2.00. The van der Waals surface area contributed by atoms with Crippen LogP contribution in [0.1, 0.15) is 30.2 Å². The quantitative estimate of drug-likeness (QED) is 0.633. The van der Waals surface area contributed by atoms with E-state index in [1.54, 1.807) is 6.20 Å². The van der Waals surface area contributed by atoms with Crippen LogP contribution in [0.2, 0.25) is 0 Å². The highest BCUT2D eigenvalue weighted by Crippen LogP contribution is 2.26. The van der Waals surface area contributed by atoms with Gasteiger partial charge in [0.25, 0.3) is 0 Å². The molecule has 0 spiro atoms. The van der Waals surface area contributed by atoms with E-state index in [9.17, 15) is 4.79 Å². The lowest BCUT2D eigenvalue weighted by atomic mass is 10.1. The number of rotatable bonds is 3. The van der Waals surface area contributed by atoms with E-state index in [1.807, 2.05) is 42.8 Å². The summed E-state index contributed by atoms with van der Waals surface area (Å²) in [5.74, 6) is 0. The van der Waals surface area contributed by atoms with Gasteiger partial charge in [-0.3, -0.25) is 9.48 Å². The predicted molar refractivity (Wildman–Crippen MR) is 76.2 cm³/mol. The number of aromatic nitrogens is 2. The molecule has 0 aliphatic rings. The Kier molecular flexibility index (Phi) is 3.61. The molecular weight excluding hydrogens is 327 g/mol. The molecule has 0 saturated carbocycles. The van der Waals surface area contributed by atoms with Gasteiger partial charge in [0.15, 0.2) is 6.29 Å². The Morgan fingerprint density at radius 2 is 2.06 bits per heavy atom. The van der Waals surface area contributed by atoms with Crippen molar-refractivity contribution in [1.29, 1.82) is 0 Å². The van der Waals surface area contributed by atoms with Crippen LogP contribution in [0.25, 0.3) is 11.3 Å². The molecule has 0 radical (unpaired) electrons. The van der Waals surface area contributed by atoms with Gasteiger partial charge in [-0.15, -0.1) is 0 Å². The summed E-state index contributed by atoms with van der Waals surface area (Å²) in [5.41, 5.74) is 2.41. The van der Waals surface area contributed by atoms with E-state index >= 15 is 0 Å². The molecule has 0 aliphatic heterocycles. The fourth-order valence-electron chi connectivity index (χ4n) is 1.62. The van der Waals surface area contributed by atoms with Crippen LogP contribution in [0, 0.1) is 3.57 Å². The maximum absolute atomic E-state index is 11.1. The summed E-state index contributed by atoms with van der Waals surface area (Å²) in [6, 6.07) is 8.19. The highest BCUT2D eigenvalue weighted by molar-refractivity contribution is 14.1. The van der Waals surface area contributed by atoms with E-state index in [-0.39, 0.29) is 6.04 Å². The van der Waals surface area contributed by atoms with E-state index in [4.69, 9.17) is 0 Å². The van der Waals surface area contributed by atoms with Crippen molar-refractivity contribution in [2.45, 2.75) is 19.9 Å². The molecule has 0 unspecified atom stereocenters. The molecule has 0 bridgehead atoms. The van der Waals surface area contributed by atoms with Crippen molar-refractivity contribution in [3.05, 3.63) is 39.6 Å². The van der Waals surface area contributed by atoms with Crippen LogP contribution in [0.3, 0.4) is 0 Å². The first-order chi connectivity index (χ1) is 8.13. The van der Waals surface area contributed by atoms with Crippen molar-refractivity contribution in [3.63, 3.8) is 0 Å². The number of hydrogen-bond donors (Lipinski definition) is 0. The highest BCUT2D eigenvalue weighted by Gasteiger charge is 2.13.